The second-order valence-corrected chi connectivity index (χ2v) is 19.3. The van der Waals surface area contributed by atoms with Gasteiger partial charge in [0.1, 0.15) is 29.5 Å². The minimum atomic E-state index is -2.02. The summed E-state index contributed by atoms with van der Waals surface area (Å²) in [4.78, 5) is 54.5. The van der Waals surface area contributed by atoms with Crippen molar-refractivity contribution in [3.63, 3.8) is 0 Å². The number of benzene rings is 1. The van der Waals surface area contributed by atoms with Crippen LogP contribution in [0.25, 0.3) is 0 Å². The number of aliphatic hydroxyl groups is 2. The van der Waals surface area contributed by atoms with Gasteiger partial charge in [0.05, 0.1) is 36.3 Å². The fourth-order valence-corrected chi connectivity index (χ4v) is 11.0. The predicted octanol–water partition coefficient (Wildman–Crippen LogP) is 5.57. The molecule has 13 atom stereocenters. The van der Waals surface area contributed by atoms with Gasteiger partial charge < -0.3 is 48.7 Å². The molecule has 14 heteroatoms. The fourth-order valence-electron chi connectivity index (χ4n) is 11.0. The molecule has 2 saturated carbocycles. The number of fused-ring (bicyclic) bond motifs is 4. The maximum atomic E-state index is 14.4. The third kappa shape index (κ3) is 7.73. The molecule has 1 aromatic carbocycles. The number of hydrogen-bond donors (Lipinski definition) is 3. The number of carbonyl (C=O) groups excluding carboxylic acids is 4. The zero-order valence-electron chi connectivity index (χ0n) is 36.2. The van der Waals surface area contributed by atoms with Crippen molar-refractivity contribution < 1.29 is 62.5 Å². The number of nitrogens with one attached hydrogen (secondary N) is 1. The molecule has 3 aliphatic carbocycles. The molecule has 0 spiro atoms. The van der Waals surface area contributed by atoms with Crippen LogP contribution in [0.15, 0.2) is 54.1 Å². The van der Waals surface area contributed by atoms with Crippen LogP contribution in [0.3, 0.4) is 0 Å². The van der Waals surface area contributed by atoms with Gasteiger partial charge in [-0.05, 0) is 63.8 Å². The number of carbonyl (C=O) groups is 4. The summed E-state index contributed by atoms with van der Waals surface area (Å²) < 4.78 is 44.1. The largest absolute Gasteiger partial charge is 0.456 e. The van der Waals surface area contributed by atoms with Crippen molar-refractivity contribution in [3.05, 3.63) is 59.7 Å². The summed E-state index contributed by atoms with van der Waals surface area (Å²) in [6, 6.07) is 7.32. The van der Waals surface area contributed by atoms with Crippen LogP contribution >= 0.6 is 0 Å². The van der Waals surface area contributed by atoms with Gasteiger partial charge in [0.15, 0.2) is 18.0 Å². The second-order valence-electron chi connectivity index (χ2n) is 19.3. The zero-order chi connectivity index (χ0) is 43.6. The summed E-state index contributed by atoms with van der Waals surface area (Å²) in [5.41, 5.74) is -4.96. The summed E-state index contributed by atoms with van der Waals surface area (Å²) in [6.07, 6.45) is -6.18. The Balaban J connectivity index is 1.51. The first-order valence-electron chi connectivity index (χ1n) is 20.7. The molecule has 2 aliphatic heterocycles. The Labute approximate surface area is 347 Å². The standard InChI is InChI=1S/C45H63NO13/c1-13-32-55-30-20-31-44(22-53-31,58-26(6)47)35-37(57-38(49)27-17-15-14-16-18-27)45(52)21-29(24(4)33(42(45,10)11)25(5)36(56-32)43(30,35)12)54-39(50)34(48)28(19-23(2)3)46-40(51)59-41(7,8)9/h13-18,23,25,28-32,34-37,48,52H,1,19-22H2,2-12H3,(H,46,51)/t25-,28-,29-,30-,31+,32?,34-,35-,36-,37-,43+,44-,45+/m0/s1. The molecule has 3 N–H and O–H groups in total. The molecule has 1 aromatic rings. The summed E-state index contributed by atoms with van der Waals surface area (Å²) in [5, 5.41) is 28.0. The van der Waals surface area contributed by atoms with Crippen LogP contribution < -0.4 is 5.32 Å². The van der Waals surface area contributed by atoms with E-state index in [0.717, 1.165) is 0 Å². The van der Waals surface area contributed by atoms with Gasteiger partial charge in [0.25, 0.3) is 0 Å². The van der Waals surface area contributed by atoms with Crippen molar-refractivity contribution in [1.82, 2.24) is 5.32 Å². The van der Waals surface area contributed by atoms with Crippen LogP contribution in [-0.4, -0.2) is 107 Å². The topological polar surface area (TPSA) is 185 Å². The van der Waals surface area contributed by atoms with E-state index in [9.17, 15) is 29.4 Å². The molecule has 14 nitrogen and oxygen atoms in total. The lowest BCUT2D eigenvalue weighted by molar-refractivity contribution is -0.403. The molecule has 0 aromatic heterocycles. The number of esters is 3. The Bertz CT molecular complexity index is 1840. The van der Waals surface area contributed by atoms with E-state index in [1.54, 1.807) is 57.2 Å². The van der Waals surface area contributed by atoms with Crippen LogP contribution in [0, 0.1) is 28.6 Å². The number of alkyl carbamates (subject to hydrolysis) is 1. The SMILES string of the molecule is C=CC1O[C@H]2C[C@H]3OC[C@@]3(OC(C)=O)[C@H]3[C@H](OC(=O)c4ccccc4)[C@]4(O)C[C@H](OC(=O)[C@@H](O)[C@H](CC(C)C)NC(=O)OC(C)(C)C)C(C)=C([C@H](C)[C@H](O1)[C@]23C)C4(C)C. The monoisotopic (exact) mass is 825 g/mol. The highest BCUT2D eigenvalue weighted by Crippen LogP contribution is 2.68. The van der Waals surface area contributed by atoms with Gasteiger partial charge in [-0.25, -0.2) is 14.4 Å². The number of amides is 1. The van der Waals surface area contributed by atoms with E-state index < -0.39 is 112 Å². The van der Waals surface area contributed by atoms with Gasteiger partial charge in [0.2, 0.25) is 0 Å². The quantitative estimate of drug-likeness (QED) is 0.151. The van der Waals surface area contributed by atoms with Crippen molar-refractivity contribution in [2.45, 2.75) is 161 Å². The van der Waals surface area contributed by atoms with E-state index in [4.69, 9.17) is 33.2 Å². The third-order valence-corrected chi connectivity index (χ3v) is 13.5. The lowest BCUT2D eigenvalue weighted by Crippen LogP contribution is -2.83. The Hall–Kier alpha value is -3.82. The molecule has 6 rings (SSSR count). The lowest BCUT2D eigenvalue weighted by atomic mass is 9.43. The van der Waals surface area contributed by atoms with E-state index in [-0.39, 0.29) is 30.9 Å². The average Bonchev–Trinajstić information content (AvgIpc) is 3.12. The number of ether oxygens (including phenoxy) is 7. The van der Waals surface area contributed by atoms with Gasteiger partial charge in [-0.3, -0.25) is 4.79 Å². The molecular formula is C45H63NO13. The smallest absolute Gasteiger partial charge is 0.407 e. The average molecular weight is 826 g/mol. The molecule has 5 aliphatic rings. The number of hydrogen-bond acceptors (Lipinski definition) is 13. The lowest BCUT2D eigenvalue weighted by Gasteiger charge is -2.71. The van der Waals surface area contributed by atoms with E-state index in [2.05, 4.69) is 11.9 Å². The molecular weight excluding hydrogens is 762 g/mol. The molecule has 1 amide bonds. The summed E-state index contributed by atoms with van der Waals surface area (Å²) in [5.74, 6) is -3.85. The molecule has 2 bridgehead atoms. The van der Waals surface area contributed by atoms with Gasteiger partial charge in [0, 0.05) is 36.5 Å². The van der Waals surface area contributed by atoms with Crippen LogP contribution in [-0.2, 0) is 42.7 Å². The van der Waals surface area contributed by atoms with Crippen LogP contribution in [0.5, 0.6) is 0 Å². The van der Waals surface area contributed by atoms with Crippen LogP contribution in [0.4, 0.5) is 4.79 Å². The second kappa shape index (κ2) is 15.9. The third-order valence-electron chi connectivity index (χ3n) is 13.5. The van der Waals surface area contributed by atoms with Gasteiger partial charge in [-0.2, -0.15) is 0 Å². The summed E-state index contributed by atoms with van der Waals surface area (Å²) in [6.45, 7) is 23.6. The molecule has 4 fully saturated rings. The molecule has 2 saturated heterocycles. The van der Waals surface area contributed by atoms with Crippen LogP contribution in [0.2, 0.25) is 0 Å². The van der Waals surface area contributed by atoms with Crippen molar-refractivity contribution >= 4 is 24.0 Å². The summed E-state index contributed by atoms with van der Waals surface area (Å²) >= 11 is 0. The maximum absolute atomic E-state index is 14.4. The van der Waals surface area contributed by atoms with Gasteiger partial charge in [-0.1, -0.05) is 71.9 Å². The highest BCUT2D eigenvalue weighted by molar-refractivity contribution is 5.89. The Morgan fingerprint density at radius 1 is 1.05 bits per heavy atom. The molecule has 0 radical (unpaired) electrons. The van der Waals surface area contributed by atoms with E-state index in [0.29, 0.717) is 17.6 Å². The molecule has 1 unspecified atom stereocenters. The predicted molar refractivity (Wildman–Crippen MR) is 214 cm³/mol. The summed E-state index contributed by atoms with van der Waals surface area (Å²) in [7, 11) is 0. The molecule has 59 heavy (non-hydrogen) atoms. The van der Waals surface area contributed by atoms with Gasteiger partial charge in [-0.15, -0.1) is 0 Å². The Morgan fingerprint density at radius 3 is 2.27 bits per heavy atom. The minimum absolute atomic E-state index is 0.0405. The van der Waals surface area contributed by atoms with Crippen molar-refractivity contribution in [2.24, 2.45) is 28.6 Å². The minimum Gasteiger partial charge on any atom is -0.456 e. The fraction of sp³-hybridized carbons (Fsp3) is 0.689. The zero-order valence-corrected chi connectivity index (χ0v) is 36.2. The first kappa shape index (κ1) is 44.7. The van der Waals surface area contributed by atoms with E-state index in [1.807, 2.05) is 48.5 Å². The first-order chi connectivity index (χ1) is 27.4. The molecule has 2 heterocycles. The Kier molecular flexibility index (Phi) is 12.1. The van der Waals surface area contributed by atoms with Crippen molar-refractivity contribution in [2.75, 3.05) is 6.61 Å². The first-order valence-corrected chi connectivity index (χ1v) is 20.7. The van der Waals surface area contributed by atoms with Crippen molar-refractivity contribution in [1.29, 1.82) is 0 Å². The number of aliphatic hydroxyl groups excluding tert-OH is 1. The molecule has 326 valence electrons. The Morgan fingerprint density at radius 2 is 1.71 bits per heavy atom. The van der Waals surface area contributed by atoms with Crippen LogP contribution in [0.1, 0.15) is 106 Å². The van der Waals surface area contributed by atoms with E-state index in [1.165, 1.54) is 6.92 Å². The highest BCUT2D eigenvalue weighted by Gasteiger charge is 2.79. The van der Waals surface area contributed by atoms with Crippen molar-refractivity contribution in [3.8, 4) is 0 Å². The highest BCUT2D eigenvalue weighted by atomic mass is 16.7. The maximum Gasteiger partial charge on any atom is 0.407 e. The number of rotatable bonds is 10. The van der Waals surface area contributed by atoms with E-state index >= 15 is 0 Å². The normalized spacial score (nSPS) is 36.8. The van der Waals surface area contributed by atoms with Gasteiger partial charge >= 0.3 is 24.0 Å².